The highest BCUT2D eigenvalue weighted by Crippen LogP contribution is 2.40. The number of ether oxygens (including phenoxy) is 2. The van der Waals surface area contributed by atoms with Gasteiger partial charge in [0.2, 0.25) is 11.0 Å². The first-order valence-corrected chi connectivity index (χ1v) is 9.45. The van der Waals surface area contributed by atoms with E-state index < -0.39 is 6.23 Å². The van der Waals surface area contributed by atoms with Crippen molar-refractivity contribution >= 4 is 17.4 Å². The number of anilines is 1. The second-order valence-electron chi connectivity index (χ2n) is 5.80. The van der Waals surface area contributed by atoms with Gasteiger partial charge in [-0.3, -0.25) is 0 Å². The third-order valence-electron chi connectivity index (χ3n) is 4.11. The number of hydrogen-bond donors (Lipinski definition) is 2. The SMILES string of the molecule is CCSc1nnc2c(n1)O[C@H](c1ccc(O)c(OC)c1)Nc1ccccc1-2. The normalized spacial score (nSPS) is 15.0. The van der Waals surface area contributed by atoms with Crippen LogP contribution in [0.2, 0.25) is 0 Å². The molecule has 0 saturated carbocycles. The van der Waals surface area contributed by atoms with Crippen LogP contribution in [0.25, 0.3) is 11.3 Å². The fourth-order valence-electron chi connectivity index (χ4n) is 2.85. The van der Waals surface area contributed by atoms with Gasteiger partial charge in [0.25, 0.3) is 0 Å². The molecule has 8 heteroatoms. The predicted molar refractivity (Wildman–Crippen MR) is 103 cm³/mol. The third kappa shape index (κ3) is 3.35. The van der Waals surface area contributed by atoms with Crippen LogP contribution >= 0.6 is 11.8 Å². The van der Waals surface area contributed by atoms with E-state index in [4.69, 9.17) is 9.47 Å². The van der Waals surface area contributed by atoms with Gasteiger partial charge in [0.05, 0.1) is 7.11 Å². The van der Waals surface area contributed by atoms with E-state index in [-0.39, 0.29) is 5.75 Å². The zero-order valence-corrected chi connectivity index (χ0v) is 15.7. The van der Waals surface area contributed by atoms with Crippen LogP contribution < -0.4 is 14.8 Å². The number of thioether (sulfide) groups is 1. The second kappa shape index (κ2) is 7.32. The highest BCUT2D eigenvalue weighted by atomic mass is 32.2. The van der Waals surface area contributed by atoms with Crippen molar-refractivity contribution in [2.75, 3.05) is 18.2 Å². The molecule has 3 aromatic rings. The molecule has 4 rings (SSSR count). The molecule has 0 amide bonds. The summed E-state index contributed by atoms with van der Waals surface area (Å²) in [5.74, 6) is 1.70. The summed E-state index contributed by atoms with van der Waals surface area (Å²) < 4.78 is 11.4. The first kappa shape index (κ1) is 17.4. The van der Waals surface area contributed by atoms with Gasteiger partial charge >= 0.3 is 0 Å². The number of phenols is 1. The summed E-state index contributed by atoms with van der Waals surface area (Å²) in [6, 6.07) is 12.9. The van der Waals surface area contributed by atoms with E-state index in [0.717, 1.165) is 22.6 Å². The Hall–Kier alpha value is -3.00. The zero-order valence-electron chi connectivity index (χ0n) is 14.8. The minimum atomic E-state index is -0.530. The first-order chi connectivity index (χ1) is 13.2. The van der Waals surface area contributed by atoms with Gasteiger partial charge in [0.1, 0.15) is 0 Å². The number of aromatic nitrogens is 3. The minimum Gasteiger partial charge on any atom is -0.504 e. The number of aromatic hydroxyl groups is 1. The quantitative estimate of drug-likeness (QED) is 0.658. The lowest BCUT2D eigenvalue weighted by atomic mass is 10.1. The maximum atomic E-state index is 9.88. The van der Waals surface area contributed by atoms with E-state index in [0.29, 0.717) is 22.5 Å². The summed E-state index contributed by atoms with van der Waals surface area (Å²) in [5, 5.41) is 22.4. The maximum absolute atomic E-state index is 9.88. The topological polar surface area (TPSA) is 89.4 Å². The molecule has 0 fully saturated rings. The van der Waals surface area contributed by atoms with Crippen molar-refractivity contribution in [3.63, 3.8) is 0 Å². The average Bonchev–Trinajstić information content (AvgIpc) is 2.85. The summed E-state index contributed by atoms with van der Waals surface area (Å²) >= 11 is 1.50. The molecule has 27 heavy (non-hydrogen) atoms. The largest absolute Gasteiger partial charge is 0.504 e. The smallest absolute Gasteiger partial charge is 0.247 e. The van der Waals surface area contributed by atoms with Gasteiger partial charge in [-0.15, -0.1) is 10.2 Å². The summed E-state index contributed by atoms with van der Waals surface area (Å²) in [7, 11) is 1.51. The molecule has 2 aromatic carbocycles. The van der Waals surface area contributed by atoms with Crippen LogP contribution in [0.3, 0.4) is 0 Å². The fraction of sp³-hybridized carbons (Fsp3) is 0.211. The Labute approximate surface area is 160 Å². The molecule has 0 unspecified atom stereocenters. The van der Waals surface area contributed by atoms with E-state index in [9.17, 15) is 5.11 Å². The van der Waals surface area contributed by atoms with Crippen molar-refractivity contribution in [3.05, 3.63) is 48.0 Å². The van der Waals surface area contributed by atoms with Crippen molar-refractivity contribution < 1.29 is 14.6 Å². The van der Waals surface area contributed by atoms with Crippen LogP contribution in [-0.4, -0.2) is 33.2 Å². The van der Waals surface area contributed by atoms with Crippen LogP contribution in [0.5, 0.6) is 17.4 Å². The summed E-state index contributed by atoms with van der Waals surface area (Å²) in [6.07, 6.45) is -0.530. The summed E-state index contributed by atoms with van der Waals surface area (Å²) in [4.78, 5) is 4.54. The van der Waals surface area contributed by atoms with Gasteiger partial charge in [-0.05, 0) is 30.0 Å². The lowest BCUT2D eigenvalue weighted by Gasteiger charge is -2.20. The number of nitrogens with zero attached hydrogens (tertiary/aromatic N) is 3. The number of nitrogens with one attached hydrogen (secondary N) is 1. The van der Waals surface area contributed by atoms with Gasteiger partial charge in [0, 0.05) is 16.8 Å². The molecule has 0 spiro atoms. The van der Waals surface area contributed by atoms with Gasteiger partial charge in [-0.2, -0.15) is 4.98 Å². The van der Waals surface area contributed by atoms with Crippen LogP contribution in [0.4, 0.5) is 5.69 Å². The molecule has 0 radical (unpaired) electrons. The van der Waals surface area contributed by atoms with E-state index >= 15 is 0 Å². The highest BCUT2D eigenvalue weighted by Gasteiger charge is 2.26. The molecule has 1 atom stereocenters. The Morgan fingerprint density at radius 3 is 2.89 bits per heavy atom. The van der Waals surface area contributed by atoms with E-state index in [1.807, 2.05) is 31.2 Å². The molecule has 1 aromatic heterocycles. The molecule has 138 valence electrons. The monoisotopic (exact) mass is 382 g/mol. The molecule has 2 heterocycles. The van der Waals surface area contributed by atoms with Crippen LogP contribution in [0, 0.1) is 0 Å². The Kier molecular flexibility index (Phi) is 4.72. The van der Waals surface area contributed by atoms with Crippen molar-refractivity contribution in [1.82, 2.24) is 15.2 Å². The Morgan fingerprint density at radius 2 is 2.07 bits per heavy atom. The lowest BCUT2D eigenvalue weighted by molar-refractivity contribution is 0.224. The maximum Gasteiger partial charge on any atom is 0.247 e. The Morgan fingerprint density at radius 1 is 1.22 bits per heavy atom. The summed E-state index contributed by atoms with van der Waals surface area (Å²) in [6.45, 7) is 2.03. The predicted octanol–water partition coefficient (Wildman–Crippen LogP) is 3.87. The van der Waals surface area contributed by atoms with Gasteiger partial charge in [-0.25, -0.2) is 0 Å². The molecule has 0 aliphatic carbocycles. The van der Waals surface area contributed by atoms with Gasteiger partial charge in [0.15, 0.2) is 23.4 Å². The molecular formula is C19H18N4O3S. The number of para-hydroxylation sites is 1. The number of phenolic OH excluding ortho intramolecular Hbond substituents is 1. The number of benzene rings is 2. The highest BCUT2D eigenvalue weighted by molar-refractivity contribution is 7.99. The second-order valence-corrected chi connectivity index (χ2v) is 7.03. The van der Waals surface area contributed by atoms with Gasteiger partial charge in [-0.1, -0.05) is 36.9 Å². The molecule has 1 aliphatic rings. The van der Waals surface area contributed by atoms with E-state index in [1.54, 1.807) is 18.2 Å². The third-order valence-corrected chi connectivity index (χ3v) is 4.83. The van der Waals surface area contributed by atoms with Crippen molar-refractivity contribution in [3.8, 4) is 28.6 Å². The molecule has 0 bridgehead atoms. The zero-order chi connectivity index (χ0) is 18.8. The first-order valence-electron chi connectivity index (χ1n) is 8.46. The van der Waals surface area contributed by atoms with E-state index in [1.165, 1.54) is 18.9 Å². The molecule has 0 saturated heterocycles. The van der Waals surface area contributed by atoms with Crippen molar-refractivity contribution in [2.45, 2.75) is 18.3 Å². The number of hydrogen-bond acceptors (Lipinski definition) is 8. The van der Waals surface area contributed by atoms with E-state index in [2.05, 4.69) is 20.5 Å². The standard InChI is InChI=1S/C19H18N4O3S/c1-3-27-19-21-18-16(22-23-19)12-6-4-5-7-13(12)20-17(26-18)11-8-9-14(24)15(10-11)25-2/h4-10,17,20,24H,3H2,1-2H3/t17-/m1/s1. The molecule has 2 N–H and O–H groups in total. The molecular weight excluding hydrogens is 364 g/mol. The average molecular weight is 382 g/mol. The number of rotatable bonds is 4. The molecule has 1 aliphatic heterocycles. The van der Waals surface area contributed by atoms with Crippen LogP contribution in [-0.2, 0) is 0 Å². The number of fused-ring (bicyclic) bond motifs is 3. The Bertz CT molecular complexity index is 983. The molecule has 7 nitrogen and oxygen atoms in total. The number of methoxy groups -OCH3 is 1. The van der Waals surface area contributed by atoms with Gasteiger partial charge < -0.3 is 19.9 Å². The Balaban J connectivity index is 1.82. The minimum absolute atomic E-state index is 0.0706. The summed E-state index contributed by atoms with van der Waals surface area (Å²) in [5.41, 5.74) is 3.11. The lowest BCUT2D eigenvalue weighted by Crippen LogP contribution is -2.17. The van der Waals surface area contributed by atoms with Crippen LogP contribution in [0.1, 0.15) is 18.7 Å². The fourth-order valence-corrected chi connectivity index (χ4v) is 3.35. The van der Waals surface area contributed by atoms with Crippen molar-refractivity contribution in [2.24, 2.45) is 0 Å². The van der Waals surface area contributed by atoms with Crippen LogP contribution in [0.15, 0.2) is 47.6 Å². The van der Waals surface area contributed by atoms with Crippen molar-refractivity contribution in [1.29, 1.82) is 0 Å².